The van der Waals surface area contributed by atoms with E-state index < -0.39 is 10.0 Å². The Bertz CT molecular complexity index is 1320. The molecule has 0 spiro atoms. The van der Waals surface area contributed by atoms with E-state index in [4.69, 9.17) is 0 Å². The van der Waals surface area contributed by atoms with Gasteiger partial charge in [-0.05, 0) is 54.8 Å². The zero-order chi connectivity index (χ0) is 21.8. The second kappa shape index (κ2) is 8.90. The van der Waals surface area contributed by atoms with Gasteiger partial charge < -0.3 is 0 Å². The van der Waals surface area contributed by atoms with E-state index in [-0.39, 0.29) is 4.90 Å². The van der Waals surface area contributed by atoms with E-state index in [1.165, 1.54) is 9.55 Å². The Morgan fingerprint density at radius 3 is 2.45 bits per heavy atom. The molecule has 0 bridgehead atoms. The maximum absolute atomic E-state index is 13.5. The molecule has 2 aromatic carbocycles. The van der Waals surface area contributed by atoms with Crippen LogP contribution >= 0.6 is 0 Å². The van der Waals surface area contributed by atoms with Crippen molar-refractivity contribution in [3.8, 4) is 11.3 Å². The Labute approximate surface area is 183 Å². The molecular formula is C26H26N2O2S. The van der Waals surface area contributed by atoms with Gasteiger partial charge in [-0.1, -0.05) is 56.7 Å². The number of hydrogen-bond acceptors (Lipinski definition) is 3. The highest BCUT2D eigenvalue weighted by atomic mass is 32.2. The van der Waals surface area contributed by atoms with E-state index in [0.29, 0.717) is 5.52 Å². The first-order valence-corrected chi connectivity index (χ1v) is 12.1. The van der Waals surface area contributed by atoms with E-state index in [2.05, 4.69) is 31.0 Å². The van der Waals surface area contributed by atoms with Crippen LogP contribution in [0.3, 0.4) is 0 Å². The van der Waals surface area contributed by atoms with Crippen molar-refractivity contribution in [2.24, 2.45) is 0 Å². The molecule has 0 saturated heterocycles. The van der Waals surface area contributed by atoms with Gasteiger partial charge >= 0.3 is 0 Å². The highest BCUT2D eigenvalue weighted by Crippen LogP contribution is 2.35. The minimum absolute atomic E-state index is 0.281. The van der Waals surface area contributed by atoms with Crippen molar-refractivity contribution in [3.63, 3.8) is 0 Å². The normalized spacial score (nSPS) is 12.4. The minimum Gasteiger partial charge on any atom is -0.256 e. The minimum atomic E-state index is -3.71. The summed E-state index contributed by atoms with van der Waals surface area (Å²) in [5.74, 6) is 0. The van der Waals surface area contributed by atoms with Crippen molar-refractivity contribution < 1.29 is 8.42 Å². The molecule has 0 amide bonds. The van der Waals surface area contributed by atoms with E-state index in [0.717, 1.165) is 41.5 Å². The Hall–Kier alpha value is -3.18. The maximum Gasteiger partial charge on any atom is 0.268 e. The van der Waals surface area contributed by atoms with Crippen molar-refractivity contribution >= 4 is 26.5 Å². The van der Waals surface area contributed by atoms with Crippen LogP contribution in [0.1, 0.15) is 38.7 Å². The SMILES string of the molecule is CC/C=C(\CCC)c1cn(S(=O)(=O)c2ccccc2)c2ccc(-c3ccccn3)cc12. The van der Waals surface area contributed by atoms with Gasteiger partial charge in [-0.25, -0.2) is 12.4 Å². The fourth-order valence-corrected chi connectivity index (χ4v) is 5.31. The van der Waals surface area contributed by atoms with Crippen molar-refractivity contribution in [2.75, 3.05) is 0 Å². The molecule has 4 rings (SSSR count). The Kier molecular flexibility index (Phi) is 6.05. The summed E-state index contributed by atoms with van der Waals surface area (Å²) in [6.07, 6.45) is 8.53. The predicted molar refractivity (Wildman–Crippen MR) is 127 cm³/mol. The van der Waals surface area contributed by atoms with E-state index >= 15 is 0 Å². The number of fused-ring (bicyclic) bond motifs is 1. The van der Waals surface area contributed by atoms with E-state index in [1.54, 1.807) is 36.7 Å². The van der Waals surface area contributed by atoms with Gasteiger partial charge in [0, 0.05) is 28.9 Å². The van der Waals surface area contributed by atoms with Crippen molar-refractivity contribution in [3.05, 3.63) is 90.8 Å². The fourth-order valence-electron chi connectivity index (χ4n) is 3.92. The van der Waals surface area contributed by atoms with Crippen LogP contribution in [-0.4, -0.2) is 17.4 Å². The Morgan fingerprint density at radius 1 is 1.00 bits per heavy atom. The number of pyridine rings is 1. The van der Waals surface area contributed by atoms with Crippen LogP contribution in [0.2, 0.25) is 0 Å². The molecule has 0 atom stereocenters. The lowest BCUT2D eigenvalue weighted by Crippen LogP contribution is -2.11. The third-order valence-corrected chi connectivity index (χ3v) is 7.03. The van der Waals surface area contributed by atoms with Crippen LogP contribution in [0.25, 0.3) is 27.7 Å². The standard InChI is InChI=1S/C26H26N2O2S/c1-3-10-20(11-4-2)24-19-28(31(29,30)22-12-6-5-7-13-22)26-16-15-21(18-23(24)26)25-14-8-9-17-27-25/h5-10,12-19H,3-4,11H2,1-2H3/b20-10+. The number of aromatic nitrogens is 2. The molecule has 4 aromatic rings. The van der Waals surface area contributed by atoms with E-state index in [9.17, 15) is 8.42 Å². The number of benzene rings is 2. The lowest BCUT2D eigenvalue weighted by Gasteiger charge is -2.08. The maximum atomic E-state index is 13.5. The van der Waals surface area contributed by atoms with Crippen LogP contribution in [0.4, 0.5) is 0 Å². The molecule has 158 valence electrons. The van der Waals surface area contributed by atoms with Gasteiger partial charge in [0.1, 0.15) is 0 Å². The number of allylic oxidation sites excluding steroid dienone is 2. The molecule has 0 unspecified atom stereocenters. The first-order valence-electron chi connectivity index (χ1n) is 10.6. The van der Waals surface area contributed by atoms with Crippen LogP contribution in [0.5, 0.6) is 0 Å². The number of rotatable bonds is 7. The first-order chi connectivity index (χ1) is 15.1. The molecule has 0 radical (unpaired) electrons. The molecule has 2 aromatic heterocycles. The predicted octanol–water partition coefficient (Wildman–Crippen LogP) is 6.53. The third-order valence-electron chi connectivity index (χ3n) is 5.35. The highest BCUT2D eigenvalue weighted by Gasteiger charge is 2.22. The second-order valence-corrected chi connectivity index (χ2v) is 9.31. The number of nitrogens with zero attached hydrogens (tertiary/aromatic N) is 2. The molecule has 0 aliphatic heterocycles. The monoisotopic (exact) mass is 430 g/mol. The molecule has 0 saturated carbocycles. The quantitative estimate of drug-likeness (QED) is 0.335. The van der Waals surface area contributed by atoms with Crippen LogP contribution in [0, 0.1) is 0 Å². The van der Waals surface area contributed by atoms with Crippen LogP contribution < -0.4 is 0 Å². The zero-order valence-corrected chi connectivity index (χ0v) is 18.6. The second-order valence-electron chi connectivity index (χ2n) is 7.49. The summed E-state index contributed by atoms with van der Waals surface area (Å²) >= 11 is 0. The van der Waals surface area contributed by atoms with Crippen molar-refractivity contribution in [1.29, 1.82) is 0 Å². The first kappa shape index (κ1) is 21.1. The average Bonchev–Trinajstić information content (AvgIpc) is 3.20. The van der Waals surface area contributed by atoms with Crippen LogP contribution in [-0.2, 0) is 10.0 Å². The lowest BCUT2D eigenvalue weighted by molar-refractivity contribution is 0.589. The summed E-state index contributed by atoms with van der Waals surface area (Å²) in [6, 6.07) is 20.3. The molecule has 31 heavy (non-hydrogen) atoms. The van der Waals surface area contributed by atoms with Crippen molar-refractivity contribution in [1.82, 2.24) is 8.96 Å². The topological polar surface area (TPSA) is 52.0 Å². The van der Waals surface area contributed by atoms with Gasteiger partial charge in [0.15, 0.2) is 0 Å². The lowest BCUT2D eigenvalue weighted by atomic mass is 9.98. The molecule has 5 heteroatoms. The van der Waals surface area contributed by atoms with E-state index in [1.807, 2.05) is 36.4 Å². The molecule has 2 heterocycles. The van der Waals surface area contributed by atoms with Gasteiger partial charge in [-0.3, -0.25) is 4.98 Å². The summed E-state index contributed by atoms with van der Waals surface area (Å²) in [7, 11) is -3.71. The highest BCUT2D eigenvalue weighted by molar-refractivity contribution is 7.90. The third kappa shape index (κ3) is 4.06. The van der Waals surface area contributed by atoms with Gasteiger partial charge in [0.25, 0.3) is 10.0 Å². The van der Waals surface area contributed by atoms with Crippen molar-refractivity contribution in [2.45, 2.75) is 38.0 Å². The summed E-state index contributed by atoms with van der Waals surface area (Å²) in [6.45, 7) is 4.25. The summed E-state index contributed by atoms with van der Waals surface area (Å²) in [4.78, 5) is 4.75. The Balaban J connectivity index is 1.99. The molecule has 0 N–H and O–H groups in total. The smallest absolute Gasteiger partial charge is 0.256 e. The average molecular weight is 431 g/mol. The summed E-state index contributed by atoms with van der Waals surface area (Å²) in [5, 5.41) is 0.927. The fraction of sp³-hybridized carbons (Fsp3) is 0.192. The number of hydrogen-bond donors (Lipinski definition) is 0. The molecule has 0 aliphatic carbocycles. The molecule has 0 aliphatic rings. The molecule has 0 fully saturated rings. The summed E-state index contributed by atoms with van der Waals surface area (Å²) < 4.78 is 28.4. The molecular weight excluding hydrogens is 404 g/mol. The Morgan fingerprint density at radius 2 is 1.77 bits per heavy atom. The van der Waals surface area contributed by atoms with Gasteiger partial charge in [-0.15, -0.1) is 0 Å². The van der Waals surface area contributed by atoms with Crippen LogP contribution in [0.15, 0.2) is 90.1 Å². The van der Waals surface area contributed by atoms with Gasteiger partial charge in [0.05, 0.1) is 16.1 Å². The summed E-state index contributed by atoms with van der Waals surface area (Å²) in [5.41, 5.74) is 4.66. The van der Waals surface area contributed by atoms with Gasteiger partial charge in [0.2, 0.25) is 0 Å². The van der Waals surface area contributed by atoms with Gasteiger partial charge in [-0.2, -0.15) is 0 Å². The largest absolute Gasteiger partial charge is 0.268 e. The zero-order valence-electron chi connectivity index (χ0n) is 17.8. The molecule has 4 nitrogen and oxygen atoms in total.